The fourth-order valence-electron chi connectivity index (χ4n) is 3.45. The van der Waals surface area contributed by atoms with Gasteiger partial charge in [0.25, 0.3) is 0 Å². The molecule has 0 aliphatic heterocycles. The van der Waals surface area contributed by atoms with E-state index in [0.29, 0.717) is 16.8 Å². The third-order valence-electron chi connectivity index (χ3n) is 4.72. The number of hydrogen-bond donors (Lipinski definition) is 0. The number of hydrogen-bond acceptors (Lipinski definition) is 2. The van der Waals surface area contributed by atoms with Crippen molar-refractivity contribution < 1.29 is 8.78 Å². The summed E-state index contributed by atoms with van der Waals surface area (Å²) in [5.74, 6) is -0.204. The van der Waals surface area contributed by atoms with E-state index in [0.717, 1.165) is 24.5 Å². The first-order chi connectivity index (χ1) is 11.1. The number of pyridine rings is 1. The average molecular weight is 316 g/mol. The number of aromatic nitrogens is 1. The van der Waals surface area contributed by atoms with E-state index in [-0.39, 0.29) is 0 Å². The predicted octanol–water partition coefficient (Wildman–Crippen LogP) is 5.17. The lowest BCUT2D eigenvalue weighted by Gasteiger charge is -2.27. The van der Waals surface area contributed by atoms with Crippen molar-refractivity contribution in [2.75, 3.05) is 18.0 Å². The molecule has 23 heavy (non-hydrogen) atoms. The van der Waals surface area contributed by atoms with Crippen LogP contribution >= 0.6 is 0 Å². The third kappa shape index (κ3) is 3.21. The summed E-state index contributed by atoms with van der Waals surface area (Å²) in [6.45, 7) is 7.74. The van der Waals surface area contributed by atoms with E-state index in [1.807, 2.05) is 6.07 Å². The molecular weight excluding hydrogens is 294 g/mol. The van der Waals surface area contributed by atoms with E-state index in [4.69, 9.17) is 0 Å². The second-order valence-electron chi connectivity index (χ2n) is 6.25. The van der Waals surface area contributed by atoms with Gasteiger partial charge in [0.2, 0.25) is 0 Å². The molecule has 1 aliphatic rings. The van der Waals surface area contributed by atoms with Gasteiger partial charge in [-0.2, -0.15) is 0 Å². The zero-order valence-electron chi connectivity index (χ0n) is 13.5. The zero-order valence-corrected chi connectivity index (χ0v) is 13.5. The average Bonchev–Trinajstić information content (AvgIpc) is 3.06. The highest BCUT2D eigenvalue weighted by Crippen LogP contribution is 2.30. The molecule has 0 saturated heterocycles. The molecule has 0 atom stereocenters. The molecule has 1 aliphatic carbocycles. The Morgan fingerprint density at radius 1 is 1.22 bits per heavy atom. The SMILES string of the molecule is C=Cc1cc2cc(F)c(F)cc2nc1N(CC)CC1CCCC1. The van der Waals surface area contributed by atoms with Gasteiger partial charge in [0.1, 0.15) is 5.82 Å². The van der Waals surface area contributed by atoms with E-state index in [9.17, 15) is 8.78 Å². The minimum Gasteiger partial charge on any atom is -0.356 e. The first kappa shape index (κ1) is 15.9. The van der Waals surface area contributed by atoms with Crippen molar-refractivity contribution in [2.45, 2.75) is 32.6 Å². The van der Waals surface area contributed by atoms with E-state index >= 15 is 0 Å². The summed E-state index contributed by atoms with van der Waals surface area (Å²) in [5, 5.41) is 0.597. The molecule has 0 radical (unpaired) electrons. The number of fused-ring (bicyclic) bond motifs is 1. The quantitative estimate of drug-likeness (QED) is 0.756. The highest BCUT2D eigenvalue weighted by atomic mass is 19.2. The Morgan fingerprint density at radius 3 is 2.57 bits per heavy atom. The summed E-state index contributed by atoms with van der Waals surface area (Å²) in [4.78, 5) is 6.84. The van der Waals surface area contributed by atoms with Gasteiger partial charge in [0, 0.05) is 30.1 Å². The number of rotatable bonds is 5. The van der Waals surface area contributed by atoms with Crippen LogP contribution in [0.15, 0.2) is 24.8 Å². The van der Waals surface area contributed by atoms with Crippen LogP contribution in [0, 0.1) is 17.6 Å². The van der Waals surface area contributed by atoms with Crippen molar-refractivity contribution in [3.8, 4) is 0 Å². The molecule has 122 valence electrons. The lowest BCUT2D eigenvalue weighted by molar-refractivity contribution is 0.510. The Morgan fingerprint density at radius 2 is 1.91 bits per heavy atom. The molecule has 0 amide bonds. The maximum atomic E-state index is 13.5. The maximum absolute atomic E-state index is 13.5. The summed E-state index contributed by atoms with van der Waals surface area (Å²) in [6, 6.07) is 4.21. The predicted molar refractivity (Wildman–Crippen MR) is 91.6 cm³/mol. The molecule has 1 heterocycles. The molecule has 2 nitrogen and oxygen atoms in total. The van der Waals surface area contributed by atoms with Crippen molar-refractivity contribution in [3.05, 3.63) is 42.0 Å². The summed E-state index contributed by atoms with van der Waals surface area (Å²) < 4.78 is 27.0. The van der Waals surface area contributed by atoms with Gasteiger partial charge < -0.3 is 4.90 Å². The molecule has 1 aromatic carbocycles. The van der Waals surface area contributed by atoms with Gasteiger partial charge in [-0.1, -0.05) is 25.5 Å². The summed E-state index contributed by atoms with van der Waals surface area (Å²) in [5.41, 5.74) is 1.35. The molecule has 4 heteroatoms. The van der Waals surface area contributed by atoms with Crippen molar-refractivity contribution in [2.24, 2.45) is 5.92 Å². The standard InChI is InChI=1S/C19H22F2N2/c1-3-14-9-15-10-16(20)17(21)11-18(15)22-19(14)23(4-2)12-13-7-5-6-8-13/h3,9-11,13H,1,4-8,12H2,2H3. The monoisotopic (exact) mass is 316 g/mol. The van der Waals surface area contributed by atoms with Crippen LogP contribution in [0.4, 0.5) is 14.6 Å². The van der Waals surface area contributed by atoms with Crippen LogP contribution in [0.3, 0.4) is 0 Å². The fourth-order valence-corrected chi connectivity index (χ4v) is 3.45. The molecule has 0 unspecified atom stereocenters. The lowest BCUT2D eigenvalue weighted by atomic mass is 10.1. The van der Waals surface area contributed by atoms with Crippen LogP contribution in [-0.2, 0) is 0 Å². The molecular formula is C19H22F2N2. The van der Waals surface area contributed by atoms with Gasteiger partial charge in [-0.15, -0.1) is 0 Å². The Bertz CT molecular complexity index is 721. The van der Waals surface area contributed by atoms with Crippen molar-refractivity contribution in [1.29, 1.82) is 0 Å². The topological polar surface area (TPSA) is 16.1 Å². The van der Waals surface area contributed by atoms with Crippen molar-refractivity contribution >= 4 is 22.8 Å². The van der Waals surface area contributed by atoms with Gasteiger partial charge in [-0.25, -0.2) is 13.8 Å². The summed E-state index contributed by atoms with van der Waals surface area (Å²) in [7, 11) is 0. The third-order valence-corrected chi connectivity index (χ3v) is 4.72. The van der Waals surface area contributed by atoms with Crippen LogP contribution in [0.25, 0.3) is 17.0 Å². The van der Waals surface area contributed by atoms with Gasteiger partial charge in [-0.3, -0.25) is 0 Å². The minimum atomic E-state index is -0.860. The molecule has 0 spiro atoms. The Hall–Kier alpha value is -1.97. The first-order valence-electron chi connectivity index (χ1n) is 8.29. The molecule has 0 bridgehead atoms. The number of anilines is 1. The molecule has 1 saturated carbocycles. The highest BCUT2D eigenvalue weighted by molar-refractivity contribution is 5.85. The van der Waals surface area contributed by atoms with Gasteiger partial charge in [0.15, 0.2) is 11.6 Å². The van der Waals surface area contributed by atoms with Gasteiger partial charge in [-0.05, 0) is 37.8 Å². The Balaban J connectivity index is 2.02. The maximum Gasteiger partial charge on any atom is 0.161 e. The number of halogens is 2. The van der Waals surface area contributed by atoms with Crippen LogP contribution in [0.5, 0.6) is 0 Å². The normalized spacial score (nSPS) is 15.3. The lowest BCUT2D eigenvalue weighted by Crippen LogP contribution is -2.29. The largest absolute Gasteiger partial charge is 0.356 e. The molecule has 1 fully saturated rings. The van der Waals surface area contributed by atoms with Crippen molar-refractivity contribution in [3.63, 3.8) is 0 Å². The Labute approximate surface area is 135 Å². The minimum absolute atomic E-state index is 0.481. The van der Waals surface area contributed by atoms with E-state index in [2.05, 4.69) is 23.4 Å². The second-order valence-corrected chi connectivity index (χ2v) is 6.25. The van der Waals surface area contributed by atoms with Crippen molar-refractivity contribution in [1.82, 2.24) is 4.98 Å². The number of nitrogens with zero attached hydrogens (tertiary/aromatic N) is 2. The highest BCUT2D eigenvalue weighted by Gasteiger charge is 2.20. The summed E-state index contributed by atoms with van der Waals surface area (Å²) in [6.07, 6.45) is 6.85. The van der Waals surface area contributed by atoms with Gasteiger partial charge >= 0.3 is 0 Å². The fraction of sp³-hybridized carbons (Fsp3) is 0.421. The van der Waals surface area contributed by atoms with E-state index in [1.54, 1.807) is 6.08 Å². The second kappa shape index (κ2) is 6.65. The smallest absolute Gasteiger partial charge is 0.161 e. The van der Waals surface area contributed by atoms with Crippen LogP contribution < -0.4 is 4.90 Å². The van der Waals surface area contributed by atoms with Crippen LogP contribution in [0.2, 0.25) is 0 Å². The number of benzene rings is 1. The zero-order chi connectivity index (χ0) is 16.4. The van der Waals surface area contributed by atoms with Gasteiger partial charge in [0.05, 0.1) is 5.52 Å². The first-order valence-corrected chi connectivity index (χ1v) is 8.29. The molecule has 2 aromatic rings. The van der Waals surface area contributed by atoms with Crippen LogP contribution in [0.1, 0.15) is 38.2 Å². The van der Waals surface area contributed by atoms with Crippen LogP contribution in [-0.4, -0.2) is 18.1 Å². The van der Waals surface area contributed by atoms with E-state index in [1.165, 1.54) is 37.8 Å². The molecule has 1 aromatic heterocycles. The molecule has 3 rings (SSSR count). The van der Waals surface area contributed by atoms with E-state index < -0.39 is 11.6 Å². The summed E-state index contributed by atoms with van der Waals surface area (Å²) >= 11 is 0. The Kier molecular flexibility index (Phi) is 4.60. The molecule has 0 N–H and O–H groups in total.